The van der Waals surface area contributed by atoms with Crippen molar-refractivity contribution >= 4 is 34.5 Å². The molecule has 0 unspecified atom stereocenters. The third-order valence-corrected chi connectivity index (χ3v) is 9.53. The number of carbonyl (C=O) groups excluding carboxylic acids is 1. The molecule has 0 spiro atoms. The maximum Gasteiger partial charge on any atom is 0.303 e. The topological polar surface area (TPSA) is 115 Å². The zero-order chi connectivity index (χ0) is 30.6. The highest BCUT2D eigenvalue weighted by Gasteiger charge is 2.55. The summed E-state index contributed by atoms with van der Waals surface area (Å²) < 4.78 is 5.38. The fraction of sp³-hybridized carbons (Fsp3) is 0.189. The fourth-order valence-electron chi connectivity index (χ4n) is 7.67. The van der Waals surface area contributed by atoms with Crippen LogP contribution in [-0.2, 0) is 25.2 Å². The Labute approximate surface area is 258 Å². The highest BCUT2D eigenvalue weighted by atomic mass is 16.5. The van der Waals surface area contributed by atoms with Gasteiger partial charge in [0.1, 0.15) is 0 Å². The van der Waals surface area contributed by atoms with Crippen LogP contribution in [0.25, 0.3) is 44.6 Å². The molecule has 1 N–H and O–H groups in total. The summed E-state index contributed by atoms with van der Waals surface area (Å²) in [6.07, 6.45) is 1.09. The first-order chi connectivity index (χ1) is 22.0. The molecular formula is C37H28N4O4. The quantitative estimate of drug-likeness (QED) is 0.147. The van der Waals surface area contributed by atoms with Crippen LogP contribution < -0.4 is 0 Å². The normalized spacial score (nSPS) is 19.1. The molecule has 4 aromatic carbocycles. The molecule has 0 fully saturated rings. The largest absolute Gasteiger partial charge is 0.481 e. The number of aliphatic carboxylic acids is 1. The second-order valence-corrected chi connectivity index (χ2v) is 11.9. The predicted octanol–water partition coefficient (Wildman–Crippen LogP) is 6.62. The van der Waals surface area contributed by atoms with Crippen molar-refractivity contribution in [3.63, 3.8) is 0 Å². The third-order valence-electron chi connectivity index (χ3n) is 9.53. The zero-order valence-electron chi connectivity index (χ0n) is 24.3. The number of carboxylic acids is 1. The molecule has 2 atom stereocenters. The second-order valence-electron chi connectivity index (χ2n) is 11.9. The Morgan fingerprint density at radius 1 is 0.644 bits per heavy atom. The van der Waals surface area contributed by atoms with E-state index in [1.165, 1.54) is 0 Å². The van der Waals surface area contributed by atoms with Gasteiger partial charge in [-0.15, -0.1) is 0 Å². The van der Waals surface area contributed by atoms with Gasteiger partial charge in [-0.3, -0.25) is 9.59 Å². The fourth-order valence-corrected chi connectivity index (χ4v) is 7.67. The second kappa shape index (κ2) is 10.3. The highest BCUT2D eigenvalue weighted by molar-refractivity contribution is 5.87. The summed E-state index contributed by atoms with van der Waals surface area (Å²) in [6.45, 7) is 0.623. The summed E-state index contributed by atoms with van der Waals surface area (Å²) in [6, 6.07) is 31.9. The molecule has 6 aromatic rings. The lowest BCUT2D eigenvalue weighted by atomic mass is 9.62. The summed E-state index contributed by atoms with van der Waals surface area (Å²) >= 11 is 0. The Hall–Kier alpha value is -5.50. The van der Waals surface area contributed by atoms with Gasteiger partial charge in [-0.1, -0.05) is 72.8 Å². The van der Waals surface area contributed by atoms with Crippen LogP contribution in [0.5, 0.6) is 0 Å². The van der Waals surface area contributed by atoms with Gasteiger partial charge in [-0.05, 0) is 54.7 Å². The molecule has 2 heterocycles. The molecule has 8 nitrogen and oxygen atoms in total. The van der Waals surface area contributed by atoms with Crippen LogP contribution in [0.1, 0.15) is 48.2 Å². The van der Waals surface area contributed by atoms with Gasteiger partial charge in [0.05, 0.1) is 51.4 Å². The number of hydrogen-bond acceptors (Lipinski definition) is 7. The Morgan fingerprint density at radius 2 is 1.09 bits per heavy atom. The molecule has 2 aromatic heterocycles. The monoisotopic (exact) mass is 592 g/mol. The van der Waals surface area contributed by atoms with Crippen molar-refractivity contribution in [2.75, 3.05) is 6.61 Å². The Balaban J connectivity index is 1.44. The van der Waals surface area contributed by atoms with Crippen molar-refractivity contribution < 1.29 is 19.4 Å². The predicted molar refractivity (Wildman–Crippen MR) is 170 cm³/mol. The third kappa shape index (κ3) is 4.05. The van der Waals surface area contributed by atoms with E-state index in [0.29, 0.717) is 25.7 Å². The van der Waals surface area contributed by atoms with Gasteiger partial charge in [-0.25, -0.2) is 19.9 Å². The number of ether oxygens (including phenoxy) is 1. The molecule has 0 bridgehead atoms. The number of carbonyl (C=O) groups is 2. The van der Waals surface area contributed by atoms with E-state index in [1.54, 1.807) is 0 Å². The Kier molecular flexibility index (Phi) is 6.20. The molecular weight excluding hydrogens is 564 g/mol. The summed E-state index contributed by atoms with van der Waals surface area (Å²) in [4.78, 5) is 44.5. The van der Waals surface area contributed by atoms with Gasteiger partial charge in [0.25, 0.3) is 6.47 Å². The van der Waals surface area contributed by atoms with Crippen LogP contribution >= 0.6 is 0 Å². The van der Waals surface area contributed by atoms with Crippen LogP contribution in [0.4, 0.5) is 0 Å². The van der Waals surface area contributed by atoms with E-state index in [1.807, 2.05) is 78.9 Å². The number of carboxylic acid groups (broad SMARTS) is 1. The minimum absolute atomic E-state index is 0.0684. The first-order valence-corrected chi connectivity index (χ1v) is 15.1. The van der Waals surface area contributed by atoms with Gasteiger partial charge in [0.15, 0.2) is 0 Å². The van der Waals surface area contributed by atoms with Gasteiger partial charge in [0, 0.05) is 28.4 Å². The van der Waals surface area contributed by atoms with Crippen molar-refractivity contribution in [2.24, 2.45) is 0 Å². The van der Waals surface area contributed by atoms with Crippen LogP contribution in [0.2, 0.25) is 0 Å². The van der Waals surface area contributed by atoms with Crippen LogP contribution in [-0.4, -0.2) is 44.1 Å². The first-order valence-electron chi connectivity index (χ1n) is 15.1. The summed E-state index contributed by atoms with van der Waals surface area (Å²) in [5, 5.41) is 10.1. The molecule has 45 heavy (non-hydrogen) atoms. The number of fused-ring (bicyclic) bond motifs is 8. The van der Waals surface area contributed by atoms with Crippen molar-refractivity contribution in [2.45, 2.75) is 36.5 Å². The lowest BCUT2D eigenvalue weighted by molar-refractivity contribution is -0.137. The van der Waals surface area contributed by atoms with Crippen LogP contribution in [0, 0.1) is 0 Å². The number of nitrogens with zero attached hydrogens (tertiary/aromatic N) is 4. The number of benzene rings is 4. The van der Waals surface area contributed by atoms with E-state index < -0.39 is 16.8 Å². The molecule has 220 valence electrons. The Morgan fingerprint density at radius 3 is 1.58 bits per heavy atom. The van der Waals surface area contributed by atoms with Gasteiger partial charge < -0.3 is 9.84 Å². The van der Waals surface area contributed by atoms with Crippen LogP contribution in [0.3, 0.4) is 0 Å². The van der Waals surface area contributed by atoms with E-state index in [2.05, 4.69) is 18.2 Å². The van der Waals surface area contributed by atoms with Crippen molar-refractivity contribution in [3.05, 3.63) is 120 Å². The molecule has 8 heteroatoms. The lowest BCUT2D eigenvalue weighted by Crippen LogP contribution is -2.40. The summed E-state index contributed by atoms with van der Waals surface area (Å²) in [5.74, 6) is -0.884. The maximum absolute atomic E-state index is 12.3. The van der Waals surface area contributed by atoms with E-state index in [-0.39, 0.29) is 13.0 Å². The minimum Gasteiger partial charge on any atom is -0.481 e. The first kappa shape index (κ1) is 27.1. The standard InChI is InChI=1S/C37H28N4O4/c42-22-45-20-19-37(26-12-4-2-10-24(26)33-35(37)41-30-16-8-6-14-28(30)39-33)21-36(18-17-31(43)44)25-11-3-1-9-23(25)32-34(36)40-29-15-7-5-13-27(29)38-32/h1-16,22H,17-21H2,(H,43,44)/t36-,37+/m0/s1. The summed E-state index contributed by atoms with van der Waals surface area (Å²) in [5.41, 5.74) is 8.53. The van der Waals surface area contributed by atoms with E-state index >= 15 is 0 Å². The van der Waals surface area contributed by atoms with Crippen molar-refractivity contribution in [3.8, 4) is 22.5 Å². The lowest BCUT2D eigenvalue weighted by Gasteiger charge is -2.41. The van der Waals surface area contributed by atoms with Gasteiger partial charge in [0.2, 0.25) is 0 Å². The van der Waals surface area contributed by atoms with Gasteiger partial charge >= 0.3 is 5.97 Å². The number of para-hydroxylation sites is 4. The highest BCUT2D eigenvalue weighted by Crippen LogP contribution is 2.60. The number of rotatable bonds is 9. The minimum atomic E-state index is -0.884. The Bertz CT molecular complexity index is 2160. The molecule has 2 aliphatic rings. The van der Waals surface area contributed by atoms with E-state index in [4.69, 9.17) is 24.7 Å². The van der Waals surface area contributed by atoms with Crippen molar-refractivity contribution in [1.29, 1.82) is 0 Å². The number of hydrogen-bond donors (Lipinski definition) is 1. The molecule has 0 amide bonds. The number of aromatic nitrogens is 4. The molecule has 8 rings (SSSR count). The van der Waals surface area contributed by atoms with Crippen molar-refractivity contribution in [1.82, 2.24) is 19.9 Å². The zero-order valence-corrected chi connectivity index (χ0v) is 24.3. The molecule has 0 radical (unpaired) electrons. The van der Waals surface area contributed by atoms with E-state index in [9.17, 15) is 14.7 Å². The molecule has 0 saturated carbocycles. The molecule has 0 saturated heterocycles. The summed E-state index contributed by atoms with van der Waals surface area (Å²) in [7, 11) is 0. The SMILES string of the molecule is O=COCC[C@@]1(C[C@@]2(CCC(=O)O)c3ccccc3-c3nc4ccccc4nc32)c2ccccc2-c2nc3ccccc3nc21. The average molecular weight is 593 g/mol. The average Bonchev–Trinajstić information content (AvgIpc) is 3.48. The van der Waals surface area contributed by atoms with Gasteiger partial charge in [-0.2, -0.15) is 0 Å². The molecule has 2 aliphatic carbocycles. The molecule has 0 aliphatic heterocycles. The van der Waals surface area contributed by atoms with E-state index in [0.717, 1.165) is 67.1 Å². The maximum atomic E-state index is 12.3. The van der Waals surface area contributed by atoms with Crippen LogP contribution in [0.15, 0.2) is 97.1 Å². The smallest absolute Gasteiger partial charge is 0.303 e.